The quantitative estimate of drug-likeness (QED) is 0.161. The first kappa shape index (κ1) is 39.4. The summed E-state index contributed by atoms with van der Waals surface area (Å²) in [6.45, 7) is 0. The number of nitrogens with zero attached hydrogens (tertiary/aromatic N) is 1. The van der Waals surface area contributed by atoms with Gasteiger partial charge in [0.05, 0.1) is 10.8 Å². The summed E-state index contributed by atoms with van der Waals surface area (Å²) >= 11 is 1.86. The third-order valence-electron chi connectivity index (χ3n) is 15.8. The largest absolute Gasteiger partial charge is 0.310 e. The van der Waals surface area contributed by atoms with E-state index < -0.39 is 10.8 Å². The highest BCUT2D eigenvalue weighted by Crippen LogP contribution is 2.63. The summed E-state index contributed by atoms with van der Waals surface area (Å²) in [5, 5.41) is 2.63. The van der Waals surface area contributed by atoms with E-state index in [1.807, 2.05) is 11.3 Å². The summed E-state index contributed by atoms with van der Waals surface area (Å²) in [5.41, 5.74) is 23.2. The van der Waals surface area contributed by atoms with Gasteiger partial charge in [-0.3, -0.25) is 0 Å². The first-order chi connectivity index (χ1) is 34.7. The second-order valence-corrected chi connectivity index (χ2v) is 20.1. The van der Waals surface area contributed by atoms with Crippen molar-refractivity contribution in [3.63, 3.8) is 0 Å². The van der Waals surface area contributed by atoms with Crippen LogP contribution in [0.5, 0.6) is 0 Å². The molecule has 3 aliphatic rings. The summed E-state index contributed by atoms with van der Waals surface area (Å²) in [6.07, 6.45) is 0. The van der Waals surface area contributed by atoms with Crippen molar-refractivity contribution in [3.8, 4) is 44.5 Å². The second-order valence-electron chi connectivity index (χ2n) is 19.1. The molecule has 0 saturated heterocycles. The molecular weight excluding hydrogens is 863 g/mol. The Kier molecular flexibility index (Phi) is 8.43. The lowest BCUT2D eigenvalue weighted by atomic mass is 9.68. The summed E-state index contributed by atoms with van der Waals surface area (Å²) in [4.78, 5) is 2.46. The highest BCUT2D eigenvalue weighted by Gasteiger charge is 2.52. The molecule has 0 aliphatic heterocycles. The molecule has 11 aromatic carbocycles. The highest BCUT2D eigenvalue weighted by molar-refractivity contribution is 7.25. The summed E-state index contributed by atoms with van der Waals surface area (Å²) in [6, 6.07) is 97.9. The molecule has 1 aromatic heterocycles. The lowest BCUT2D eigenvalue weighted by Crippen LogP contribution is -2.28. The molecule has 0 saturated carbocycles. The Balaban J connectivity index is 0.917. The standard InChI is InChI=1S/C68H43NS/c1-2-16-46(17-3-1)67(59-24-10-4-18-51(59)52-19-5-11-25-60(52)67)47-33-37-49(38-34-47)69(48-35-30-44(31-36-48)45-32-41-66-58(42-45)56-23-9-15-29-65(56)70-66)50-39-40-64-57(43-50)55-22-8-14-28-63(55)68(64)61-26-12-6-20-53(61)54-21-7-13-27-62(54)68/h1-43H. The van der Waals surface area contributed by atoms with Crippen LogP contribution in [0.15, 0.2) is 261 Å². The van der Waals surface area contributed by atoms with Crippen molar-refractivity contribution < 1.29 is 0 Å². The molecule has 0 atom stereocenters. The molecule has 12 aromatic rings. The lowest BCUT2D eigenvalue weighted by Gasteiger charge is -2.34. The Bertz CT molecular complexity index is 3970. The van der Waals surface area contributed by atoms with Crippen LogP contribution in [0, 0.1) is 0 Å². The molecule has 0 radical (unpaired) electrons. The van der Waals surface area contributed by atoms with Gasteiger partial charge in [-0.1, -0.05) is 206 Å². The van der Waals surface area contributed by atoms with Crippen LogP contribution in [0.2, 0.25) is 0 Å². The van der Waals surface area contributed by atoms with Gasteiger partial charge < -0.3 is 4.90 Å². The number of benzene rings is 11. The Morgan fingerprint density at radius 3 is 1.26 bits per heavy atom. The molecule has 3 aliphatic carbocycles. The maximum absolute atomic E-state index is 2.46. The molecule has 15 rings (SSSR count). The monoisotopic (exact) mass is 905 g/mol. The van der Waals surface area contributed by atoms with Crippen molar-refractivity contribution in [1.29, 1.82) is 0 Å². The van der Waals surface area contributed by atoms with E-state index in [9.17, 15) is 0 Å². The van der Waals surface area contributed by atoms with Crippen LogP contribution >= 0.6 is 11.3 Å². The third-order valence-corrected chi connectivity index (χ3v) is 16.9. The van der Waals surface area contributed by atoms with Gasteiger partial charge in [0.25, 0.3) is 0 Å². The topological polar surface area (TPSA) is 3.24 Å². The SMILES string of the molecule is c1ccc(C2(c3ccc(N(c4ccc(-c5ccc6sc7ccccc7c6c5)cc4)c4ccc5c(c4)-c4ccccc4C54c5ccccc5-c5ccccc54)cc3)c3ccccc3-c3ccccc32)cc1. The van der Waals surface area contributed by atoms with Crippen molar-refractivity contribution in [2.24, 2.45) is 0 Å². The van der Waals surface area contributed by atoms with Crippen molar-refractivity contribution in [3.05, 3.63) is 305 Å². The van der Waals surface area contributed by atoms with Crippen LogP contribution in [0.25, 0.3) is 64.7 Å². The van der Waals surface area contributed by atoms with Crippen molar-refractivity contribution in [2.45, 2.75) is 10.8 Å². The minimum atomic E-state index is -0.478. The summed E-state index contributed by atoms with van der Waals surface area (Å²) < 4.78 is 2.64. The Labute approximate surface area is 411 Å². The highest BCUT2D eigenvalue weighted by atomic mass is 32.1. The second kappa shape index (κ2) is 15.0. The Morgan fingerprint density at radius 1 is 0.257 bits per heavy atom. The van der Waals surface area contributed by atoms with E-state index in [0.717, 1.165) is 17.1 Å². The van der Waals surface area contributed by atoms with Crippen LogP contribution in [0.3, 0.4) is 0 Å². The number of hydrogen-bond donors (Lipinski definition) is 0. The van der Waals surface area contributed by atoms with E-state index in [1.54, 1.807) is 0 Å². The van der Waals surface area contributed by atoms with Crippen LogP contribution in [-0.4, -0.2) is 0 Å². The molecule has 0 unspecified atom stereocenters. The Hall–Kier alpha value is -8.56. The van der Waals surface area contributed by atoms with E-state index in [-0.39, 0.29) is 0 Å². The zero-order chi connectivity index (χ0) is 46.0. The van der Waals surface area contributed by atoms with Gasteiger partial charge in [0.1, 0.15) is 0 Å². The molecule has 2 heteroatoms. The van der Waals surface area contributed by atoms with Gasteiger partial charge in [-0.15, -0.1) is 11.3 Å². The van der Waals surface area contributed by atoms with Crippen molar-refractivity contribution >= 4 is 48.6 Å². The molecule has 1 spiro atoms. The zero-order valence-electron chi connectivity index (χ0n) is 38.2. The number of fused-ring (bicyclic) bond motifs is 16. The van der Waals surface area contributed by atoms with Gasteiger partial charge in [0.15, 0.2) is 0 Å². The molecule has 0 N–H and O–H groups in total. The molecular formula is C68H43NS. The molecule has 0 amide bonds. The van der Waals surface area contributed by atoms with Crippen molar-refractivity contribution in [2.75, 3.05) is 4.90 Å². The fourth-order valence-corrected chi connectivity index (χ4v) is 14.0. The predicted octanol–water partition coefficient (Wildman–Crippen LogP) is 17.9. The maximum atomic E-state index is 2.46. The van der Waals surface area contributed by atoms with Gasteiger partial charge in [-0.2, -0.15) is 0 Å². The first-order valence-corrected chi connectivity index (χ1v) is 25.1. The van der Waals surface area contributed by atoms with E-state index in [4.69, 9.17) is 0 Å². The predicted molar refractivity (Wildman–Crippen MR) is 293 cm³/mol. The van der Waals surface area contributed by atoms with Gasteiger partial charge in [-0.05, 0) is 144 Å². The fourth-order valence-electron chi connectivity index (χ4n) is 13.0. The van der Waals surface area contributed by atoms with Crippen LogP contribution < -0.4 is 4.90 Å². The zero-order valence-corrected chi connectivity index (χ0v) is 39.0. The lowest BCUT2D eigenvalue weighted by molar-refractivity contribution is 0.768. The van der Waals surface area contributed by atoms with Crippen LogP contribution in [-0.2, 0) is 10.8 Å². The van der Waals surface area contributed by atoms with Gasteiger partial charge in [-0.25, -0.2) is 0 Å². The van der Waals surface area contributed by atoms with Crippen molar-refractivity contribution in [1.82, 2.24) is 0 Å². The van der Waals surface area contributed by atoms with E-state index >= 15 is 0 Å². The van der Waals surface area contributed by atoms with E-state index in [2.05, 4.69) is 266 Å². The maximum Gasteiger partial charge on any atom is 0.0725 e. The number of hydrogen-bond acceptors (Lipinski definition) is 2. The third kappa shape index (κ3) is 5.31. The average Bonchev–Trinajstić information content (AvgIpc) is 4.15. The van der Waals surface area contributed by atoms with Gasteiger partial charge >= 0.3 is 0 Å². The normalized spacial score (nSPS) is 13.9. The summed E-state index contributed by atoms with van der Waals surface area (Å²) in [5.74, 6) is 0. The van der Waals surface area contributed by atoms with Crippen LogP contribution in [0.4, 0.5) is 17.1 Å². The average molecular weight is 906 g/mol. The minimum Gasteiger partial charge on any atom is -0.310 e. The molecule has 326 valence electrons. The number of anilines is 3. The molecule has 1 nitrogen and oxygen atoms in total. The smallest absolute Gasteiger partial charge is 0.0725 e. The molecule has 1 heterocycles. The Morgan fingerprint density at radius 2 is 0.671 bits per heavy atom. The van der Waals surface area contributed by atoms with E-state index in [1.165, 1.54) is 109 Å². The molecule has 0 bridgehead atoms. The minimum absolute atomic E-state index is 0.403. The van der Waals surface area contributed by atoms with Gasteiger partial charge in [0, 0.05) is 37.2 Å². The fraction of sp³-hybridized carbons (Fsp3) is 0.0294. The first-order valence-electron chi connectivity index (χ1n) is 24.3. The van der Waals surface area contributed by atoms with Crippen LogP contribution in [0.1, 0.15) is 44.5 Å². The number of thiophene rings is 1. The molecule has 0 fully saturated rings. The van der Waals surface area contributed by atoms with Gasteiger partial charge in [0.2, 0.25) is 0 Å². The molecule has 70 heavy (non-hydrogen) atoms. The summed E-state index contributed by atoms with van der Waals surface area (Å²) in [7, 11) is 0. The number of rotatable bonds is 6. The van der Waals surface area contributed by atoms with E-state index in [0.29, 0.717) is 0 Å².